The normalized spacial score (nSPS) is 9.93. The fraction of sp³-hybridized carbons (Fsp3) is 0.400. The molecule has 1 aromatic rings. The summed E-state index contributed by atoms with van der Waals surface area (Å²) >= 11 is 3.36. The quantitative estimate of drug-likeness (QED) is 0.780. The monoisotopic (exact) mass is 257 g/mol. The number of rotatable bonds is 3. The topological polar surface area (TPSA) is 39.2 Å². The van der Waals surface area contributed by atoms with E-state index in [-0.39, 0.29) is 12.4 Å². The Morgan fingerprint density at radius 2 is 2.36 bits per heavy atom. The third-order valence-electron chi connectivity index (χ3n) is 1.74. The molecule has 76 valence electrons. The highest BCUT2D eigenvalue weighted by Crippen LogP contribution is 2.15. The molecule has 0 spiro atoms. The van der Waals surface area contributed by atoms with Crippen LogP contribution in [0.15, 0.2) is 16.7 Å². The van der Waals surface area contributed by atoms with E-state index in [1.165, 1.54) is 0 Å². The molecule has 1 rings (SSSR count). The van der Waals surface area contributed by atoms with E-state index in [4.69, 9.17) is 4.74 Å². The molecule has 0 aliphatic heterocycles. The van der Waals surface area contributed by atoms with Crippen molar-refractivity contribution in [3.8, 4) is 0 Å². The number of aryl methyl sites for hydroxylation is 1. The van der Waals surface area contributed by atoms with Gasteiger partial charge in [-0.2, -0.15) is 0 Å². The number of nitrogens with zero attached hydrogens (tertiary/aromatic N) is 1. The van der Waals surface area contributed by atoms with E-state index in [2.05, 4.69) is 20.9 Å². The molecule has 0 aliphatic carbocycles. The number of esters is 1. The predicted octanol–water partition coefficient (Wildman–Crippen LogP) is 2.26. The zero-order chi connectivity index (χ0) is 10.6. The maximum atomic E-state index is 11.1. The molecule has 0 aliphatic rings. The Labute approximate surface area is 91.6 Å². The summed E-state index contributed by atoms with van der Waals surface area (Å²) in [5, 5.41) is 0. The Balaban J connectivity index is 2.68. The highest BCUT2D eigenvalue weighted by Gasteiger charge is 2.05. The van der Waals surface area contributed by atoms with Crippen molar-refractivity contribution in [3.05, 3.63) is 28.0 Å². The molecule has 0 saturated heterocycles. The number of pyridine rings is 1. The maximum Gasteiger partial charge on any atom is 0.310 e. The lowest BCUT2D eigenvalue weighted by atomic mass is 10.2. The van der Waals surface area contributed by atoms with E-state index in [0.29, 0.717) is 6.61 Å². The molecular formula is C10H12BrNO2. The molecule has 0 fully saturated rings. The fourth-order valence-corrected chi connectivity index (χ4v) is 1.42. The van der Waals surface area contributed by atoms with Crippen molar-refractivity contribution in [2.45, 2.75) is 20.3 Å². The van der Waals surface area contributed by atoms with Gasteiger partial charge in [-0.1, -0.05) is 0 Å². The van der Waals surface area contributed by atoms with Gasteiger partial charge in [0.15, 0.2) is 0 Å². The Bertz CT molecular complexity index is 339. The summed E-state index contributed by atoms with van der Waals surface area (Å²) < 4.78 is 5.75. The van der Waals surface area contributed by atoms with Crippen LogP contribution in [0.1, 0.15) is 18.2 Å². The van der Waals surface area contributed by atoms with Gasteiger partial charge in [0, 0.05) is 10.7 Å². The molecule has 0 atom stereocenters. The summed E-state index contributed by atoms with van der Waals surface area (Å²) in [6.45, 7) is 4.11. The zero-order valence-corrected chi connectivity index (χ0v) is 9.80. The molecule has 0 bridgehead atoms. The van der Waals surface area contributed by atoms with Crippen LogP contribution >= 0.6 is 15.9 Å². The number of aromatic nitrogens is 1. The zero-order valence-electron chi connectivity index (χ0n) is 8.21. The van der Waals surface area contributed by atoms with E-state index < -0.39 is 0 Å². The van der Waals surface area contributed by atoms with Gasteiger partial charge in [0.05, 0.1) is 18.7 Å². The molecule has 4 heteroatoms. The second-order valence-corrected chi connectivity index (χ2v) is 3.75. The van der Waals surface area contributed by atoms with Crippen molar-refractivity contribution in [2.75, 3.05) is 6.61 Å². The van der Waals surface area contributed by atoms with Crippen molar-refractivity contribution in [3.63, 3.8) is 0 Å². The Kier molecular flexibility index (Phi) is 4.07. The number of carbonyl (C=O) groups excluding carboxylic acids is 1. The van der Waals surface area contributed by atoms with E-state index in [1.54, 1.807) is 13.1 Å². The number of halogens is 1. The van der Waals surface area contributed by atoms with Gasteiger partial charge < -0.3 is 4.74 Å². The smallest absolute Gasteiger partial charge is 0.310 e. The van der Waals surface area contributed by atoms with Gasteiger partial charge in [0.25, 0.3) is 0 Å². The van der Waals surface area contributed by atoms with Gasteiger partial charge in [-0.15, -0.1) is 0 Å². The van der Waals surface area contributed by atoms with Crippen LogP contribution < -0.4 is 0 Å². The largest absolute Gasteiger partial charge is 0.466 e. The van der Waals surface area contributed by atoms with E-state index >= 15 is 0 Å². The lowest BCUT2D eigenvalue weighted by molar-refractivity contribution is -0.142. The minimum atomic E-state index is -0.218. The fourth-order valence-electron chi connectivity index (χ4n) is 1.02. The number of hydrogen-bond donors (Lipinski definition) is 0. The molecule has 0 amide bonds. The summed E-state index contributed by atoms with van der Waals surface area (Å²) in [7, 11) is 0. The van der Waals surface area contributed by atoms with Crippen LogP contribution in [0.2, 0.25) is 0 Å². The van der Waals surface area contributed by atoms with Gasteiger partial charge in [0.1, 0.15) is 0 Å². The van der Waals surface area contributed by atoms with Crippen LogP contribution in [0.3, 0.4) is 0 Å². The van der Waals surface area contributed by atoms with Crippen LogP contribution in [0.25, 0.3) is 0 Å². The van der Waals surface area contributed by atoms with Crippen LogP contribution in [0.4, 0.5) is 0 Å². The SMILES string of the molecule is CCOC(=O)Cc1cnc(C)c(Br)c1. The molecule has 14 heavy (non-hydrogen) atoms. The number of ether oxygens (including phenoxy) is 1. The van der Waals surface area contributed by atoms with E-state index in [1.807, 2.05) is 13.0 Å². The van der Waals surface area contributed by atoms with E-state index in [0.717, 1.165) is 15.7 Å². The average molecular weight is 258 g/mol. The number of hydrogen-bond acceptors (Lipinski definition) is 3. The van der Waals surface area contributed by atoms with Crippen molar-refractivity contribution < 1.29 is 9.53 Å². The third kappa shape index (κ3) is 3.10. The van der Waals surface area contributed by atoms with Gasteiger partial charge >= 0.3 is 5.97 Å². The lowest BCUT2D eigenvalue weighted by Gasteiger charge is -2.03. The first kappa shape index (κ1) is 11.2. The summed E-state index contributed by atoms with van der Waals surface area (Å²) in [5.41, 5.74) is 1.78. The Morgan fingerprint density at radius 1 is 1.64 bits per heavy atom. The molecule has 3 nitrogen and oxygen atoms in total. The van der Waals surface area contributed by atoms with Crippen molar-refractivity contribution in [1.29, 1.82) is 0 Å². The molecule has 0 aromatic carbocycles. The number of carbonyl (C=O) groups is 1. The average Bonchev–Trinajstić information content (AvgIpc) is 2.12. The first-order valence-electron chi connectivity index (χ1n) is 4.40. The minimum Gasteiger partial charge on any atom is -0.466 e. The Hall–Kier alpha value is -0.900. The molecule has 0 radical (unpaired) electrons. The second-order valence-electron chi connectivity index (χ2n) is 2.89. The van der Waals surface area contributed by atoms with Gasteiger partial charge in [-0.05, 0) is 41.4 Å². The van der Waals surface area contributed by atoms with Crippen LogP contribution in [0.5, 0.6) is 0 Å². The maximum absolute atomic E-state index is 11.1. The van der Waals surface area contributed by atoms with Crippen LogP contribution in [-0.2, 0) is 16.0 Å². The molecule has 0 unspecified atom stereocenters. The first-order valence-corrected chi connectivity index (χ1v) is 5.19. The van der Waals surface area contributed by atoms with Crippen molar-refractivity contribution in [1.82, 2.24) is 4.98 Å². The predicted molar refractivity (Wildman–Crippen MR) is 57.0 cm³/mol. The van der Waals surface area contributed by atoms with Crippen molar-refractivity contribution >= 4 is 21.9 Å². The first-order chi connectivity index (χ1) is 6.63. The Morgan fingerprint density at radius 3 is 2.93 bits per heavy atom. The standard InChI is InChI=1S/C10H12BrNO2/c1-3-14-10(13)5-8-4-9(11)7(2)12-6-8/h4,6H,3,5H2,1-2H3. The molecule has 0 saturated carbocycles. The van der Waals surface area contributed by atoms with Gasteiger partial charge in [-0.3, -0.25) is 9.78 Å². The van der Waals surface area contributed by atoms with Crippen LogP contribution in [-0.4, -0.2) is 17.6 Å². The highest BCUT2D eigenvalue weighted by molar-refractivity contribution is 9.10. The summed E-state index contributed by atoms with van der Waals surface area (Å²) in [6.07, 6.45) is 1.97. The minimum absolute atomic E-state index is 0.218. The third-order valence-corrected chi connectivity index (χ3v) is 2.54. The molecule has 1 heterocycles. The van der Waals surface area contributed by atoms with Crippen LogP contribution in [0, 0.1) is 6.92 Å². The highest BCUT2D eigenvalue weighted by atomic mass is 79.9. The van der Waals surface area contributed by atoms with E-state index in [9.17, 15) is 4.79 Å². The van der Waals surface area contributed by atoms with Crippen molar-refractivity contribution in [2.24, 2.45) is 0 Å². The summed E-state index contributed by atoms with van der Waals surface area (Å²) in [5.74, 6) is -0.218. The molecular weight excluding hydrogens is 246 g/mol. The molecule has 0 N–H and O–H groups in total. The summed E-state index contributed by atoms with van der Waals surface area (Å²) in [6, 6.07) is 1.89. The van der Waals surface area contributed by atoms with Gasteiger partial charge in [0.2, 0.25) is 0 Å². The van der Waals surface area contributed by atoms with Gasteiger partial charge in [-0.25, -0.2) is 0 Å². The lowest BCUT2D eigenvalue weighted by Crippen LogP contribution is -2.07. The molecule has 1 aromatic heterocycles. The second kappa shape index (κ2) is 5.10. The summed E-state index contributed by atoms with van der Waals surface area (Å²) in [4.78, 5) is 15.3.